The zero-order chi connectivity index (χ0) is 7.82. The summed E-state index contributed by atoms with van der Waals surface area (Å²) in [6, 6.07) is 0.0173. The van der Waals surface area contributed by atoms with Gasteiger partial charge < -0.3 is 10.6 Å². The van der Waals surface area contributed by atoms with Crippen LogP contribution in [-0.4, -0.2) is 37.4 Å². The number of urea groups is 1. The van der Waals surface area contributed by atoms with E-state index in [2.05, 4.69) is 23.7 Å². The van der Waals surface area contributed by atoms with Crippen molar-refractivity contribution in [3.63, 3.8) is 0 Å². The van der Waals surface area contributed by atoms with E-state index >= 15 is 0 Å². The lowest BCUT2D eigenvalue weighted by Crippen LogP contribution is -2.38. The van der Waals surface area contributed by atoms with Crippen molar-refractivity contribution >= 4 is 25.1 Å². The molecule has 0 aliphatic rings. The zero-order valence-electron chi connectivity index (χ0n) is 6.74. The first-order chi connectivity index (χ1) is 4.81. The minimum atomic E-state index is -0.0127. The van der Waals surface area contributed by atoms with E-state index in [1.807, 2.05) is 0 Å². The highest BCUT2D eigenvalue weighted by Gasteiger charge is 1.94. The lowest BCUT2D eigenvalue weighted by atomic mass is 10.9. The van der Waals surface area contributed by atoms with Gasteiger partial charge in [0.25, 0.3) is 0 Å². The van der Waals surface area contributed by atoms with Gasteiger partial charge in [0.1, 0.15) is 0 Å². The Morgan fingerprint density at radius 3 is 1.90 bits per heavy atom. The van der Waals surface area contributed by atoms with E-state index in [0.717, 1.165) is 12.3 Å². The number of rotatable bonds is 4. The van der Waals surface area contributed by atoms with Crippen molar-refractivity contribution in [1.82, 2.24) is 10.6 Å². The molecule has 60 valence electrons. The molecule has 0 aromatic rings. The standard InChI is InChI=1S/C5H16N2OSi2/c1-9-3-6-5(8)7-4-10-2/h3-4,9-10H2,1-2H3,(H2,6,7,8). The van der Waals surface area contributed by atoms with E-state index < -0.39 is 0 Å². The first-order valence-electron chi connectivity index (χ1n) is 3.83. The molecule has 2 N–H and O–H groups in total. The van der Waals surface area contributed by atoms with Gasteiger partial charge in [-0.25, -0.2) is 4.79 Å². The highest BCUT2D eigenvalue weighted by molar-refractivity contribution is 6.34. The molecule has 0 aromatic heterocycles. The molecule has 0 unspecified atom stereocenters. The molecule has 0 aromatic carbocycles. The Kier molecular flexibility index (Phi) is 6.62. The summed E-state index contributed by atoms with van der Waals surface area (Å²) in [5.74, 6) is 0. The van der Waals surface area contributed by atoms with E-state index in [1.54, 1.807) is 0 Å². The molecule has 3 nitrogen and oxygen atoms in total. The van der Waals surface area contributed by atoms with Gasteiger partial charge in [0.15, 0.2) is 0 Å². The van der Waals surface area contributed by atoms with E-state index in [9.17, 15) is 4.79 Å². The summed E-state index contributed by atoms with van der Waals surface area (Å²) < 4.78 is 0. The number of nitrogens with one attached hydrogen (secondary N) is 2. The van der Waals surface area contributed by atoms with Crippen LogP contribution >= 0.6 is 0 Å². The second-order valence-corrected chi connectivity index (χ2v) is 5.18. The lowest BCUT2D eigenvalue weighted by molar-refractivity contribution is 0.244. The van der Waals surface area contributed by atoms with Gasteiger partial charge in [0, 0.05) is 31.4 Å². The van der Waals surface area contributed by atoms with Crippen molar-refractivity contribution in [1.29, 1.82) is 0 Å². The minimum absolute atomic E-state index is 0.0127. The zero-order valence-corrected chi connectivity index (χ0v) is 9.57. The number of carbonyl (C=O) groups excluding carboxylic acids is 1. The predicted octanol–water partition coefficient (Wildman–Crippen LogP) is -1.37. The maximum Gasteiger partial charge on any atom is 0.314 e. The van der Waals surface area contributed by atoms with Gasteiger partial charge in [0.2, 0.25) is 0 Å². The Bertz CT molecular complexity index is 89.6. The maximum absolute atomic E-state index is 10.8. The summed E-state index contributed by atoms with van der Waals surface area (Å²) in [4.78, 5) is 10.8. The Morgan fingerprint density at radius 2 is 1.60 bits per heavy atom. The van der Waals surface area contributed by atoms with Crippen LogP contribution in [0.4, 0.5) is 4.79 Å². The fourth-order valence-electron chi connectivity index (χ4n) is 0.540. The smallest absolute Gasteiger partial charge is 0.314 e. The summed E-state index contributed by atoms with van der Waals surface area (Å²) in [5.41, 5.74) is 0. The molecule has 0 bridgehead atoms. The van der Waals surface area contributed by atoms with Crippen LogP contribution in [0.1, 0.15) is 0 Å². The molecular formula is C5H16N2OSi2. The minimum Gasteiger partial charge on any atom is -0.342 e. The Hall–Kier alpha value is -0.296. The predicted molar refractivity (Wildman–Crippen MR) is 50.2 cm³/mol. The van der Waals surface area contributed by atoms with E-state index in [4.69, 9.17) is 0 Å². The molecular weight excluding hydrogens is 160 g/mol. The van der Waals surface area contributed by atoms with Gasteiger partial charge in [-0.2, -0.15) is 0 Å². The SMILES string of the molecule is C[SiH2]CNC(=O)NC[SiH2]C. The largest absolute Gasteiger partial charge is 0.342 e. The third-order valence-electron chi connectivity index (χ3n) is 1.07. The van der Waals surface area contributed by atoms with Crippen molar-refractivity contribution in [2.45, 2.75) is 13.1 Å². The van der Waals surface area contributed by atoms with Crippen molar-refractivity contribution in [2.24, 2.45) is 0 Å². The van der Waals surface area contributed by atoms with Crippen LogP contribution in [-0.2, 0) is 0 Å². The number of hydrogen-bond acceptors (Lipinski definition) is 1. The number of amides is 2. The maximum atomic E-state index is 10.8. The first-order valence-corrected chi connectivity index (χ1v) is 8.65. The third-order valence-corrected chi connectivity index (χ3v) is 2.57. The average molecular weight is 176 g/mol. The molecule has 0 spiro atoms. The monoisotopic (exact) mass is 176 g/mol. The molecule has 0 heterocycles. The first kappa shape index (κ1) is 9.70. The van der Waals surface area contributed by atoms with Crippen LogP contribution in [0.5, 0.6) is 0 Å². The third kappa shape index (κ3) is 5.83. The summed E-state index contributed by atoms with van der Waals surface area (Å²) in [7, 11) is -0.0254. The Labute approximate surface area is 66.6 Å². The quantitative estimate of drug-likeness (QED) is 0.510. The summed E-state index contributed by atoms with van der Waals surface area (Å²) in [6.45, 7) is 4.35. The molecule has 0 saturated carbocycles. The normalized spacial score (nSPS) is 11.4. The molecule has 0 rings (SSSR count). The molecule has 10 heavy (non-hydrogen) atoms. The molecule has 0 atom stereocenters. The summed E-state index contributed by atoms with van der Waals surface area (Å²) in [6.07, 6.45) is 1.83. The fourth-order valence-corrected chi connectivity index (χ4v) is 1.49. The van der Waals surface area contributed by atoms with Crippen molar-refractivity contribution in [3.05, 3.63) is 0 Å². The van der Waals surface area contributed by atoms with Gasteiger partial charge in [0.05, 0.1) is 0 Å². The van der Waals surface area contributed by atoms with Crippen molar-refractivity contribution < 1.29 is 4.79 Å². The van der Waals surface area contributed by atoms with E-state index in [1.165, 1.54) is 0 Å². The highest BCUT2D eigenvalue weighted by atomic mass is 28.2. The number of hydrogen-bond donors (Lipinski definition) is 2. The molecule has 0 saturated heterocycles. The van der Waals surface area contributed by atoms with Gasteiger partial charge in [-0.3, -0.25) is 0 Å². The molecule has 0 aliphatic heterocycles. The topological polar surface area (TPSA) is 41.1 Å². The fraction of sp³-hybridized carbons (Fsp3) is 0.800. The van der Waals surface area contributed by atoms with Crippen LogP contribution in [0.15, 0.2) is 0 Å². The van der Waals surface area contributed by atoms with Crippen LogP contribution in [0, 0.1) is 0 Å². The van der Waals surface area contributed by atoms with Gasteiger partial charge >= 0.3 is 6.03 Å². The Morgan fingerprint density at radius 1 is 1.20 bits per heavy atom. The Balaban J connectivity index is 3.09. The van der Waals surface area contributed by atoms with Crippen LogP contribution in [0.3, 0.4) is 0 Å². The molecule has 0 aliphatic carbocycles. The lowest BCUT2D eigenvalue weighted by Gasteiger charge is -2.03. The second-order valence-electron chi connectivity index (χ2n) is 2.18. The molecule has 0 radical (unpaired) electrons. The van der Waals surface area contributed by atoms with Crippen molar-refractivity contribution in [2.75, 3.05) is 12.3 Å². The average Bonchev–Trinajstić information content (AvgIpc) is 1.97. The van der Waals surface area contributed by atoms with Gasteiger partial charge in [-0.15, -0.1) is 0 Å². The van der Waals surface area contributed by atoms with E-state index in [-0.39, 0.29) is 25.1 Å². The van der Waals surface area contributed by atoms with Gasteiger partial charge in [-0.05, 0) is 0 Å². The second kappa shape index (κ2) is 6.82. The van der Waals surface area contributed by atoms with Crippen LogP contribution in [0.25, 0.3) is 0 Å². The van der Waals surface area contributed by atoms with E-state index in [0.29, 0.717) is 0 Å². The molecule has 2 amide bonds. The van der Waals surface area contributed by atoms with Crippen LogP contribution < -0.4 is 10.6 Å². The summed E-state index contributed by atoms with van der Waals surface area (Å²) >= 11 is 0. The molecule has 0 fully saturated rings. The van der Waals surface area contributed by atoms with Gasteiger partial charge in [-0.1, -0.05) is 13.1 Å². The molecule has 5 heteroatoms. The highest BCUT2D eigenvalue weighted by Crippen LogP contribution is 1.63. The van der Waals surface area contributed by atoms with Crippen molar-refractivity contribution in [3.8, 4) is 0 Å². The summed E-state index contributed by atoms with van der Waals surface area (Å²) in [5, 5.41) is 5.60. The van der Waals surface area contributed by atoms with Crippen LogP contribution in [0.2, 0.25) is 13.1 Å². The number of carbonyl (C=O) groups is 1.